The van der Waals surface area contributed by atoms with Gasteiger partial charge in [0.1, 0.15) is 18.1 Å². The Kier molecular flexibility index (Phi) is 3.98. The molecule has 0 aliphatic carbocycles. The van der Waals surface area contributed by atoms with Gasteiger partial charge in [0.15, 0.2) is 0 Å². The van der Waals surface area contributed by atoms with Crippen molar-refractivity contribution in [2.45, 2.75) is 6.61 Å². The van der Waals surface area contributed by atoms with E-state index < -0.39 is 11.8 Å². The zero-order valence-corrected chi connectivity index (χ0v) is 12.0. The second kappa shape index (κ2) is 6.24. The molecular formula is C18H11FN2O2. The van der Waals surface area contributed by atoms with Crippen molar-refractivity contribution in [3.05, 3.63) is 77.2 Å². The number of benzene rings is 2. The van der Waals surface area contributed by atoms with Crippen LogP contribution in [0.5, 0.6) is 0 Å². The number of nitrogens with zero attached hydrogens (tertiary/aromatic N) is 2. The van der Waals surface area contributed by atoms with Gasteiger partial charge in [-0.2, -0.15) is 5.26 Å². The normalized spacial score (nSPS) is 10.3. The average Bonchev–Trinajstić information content (AvgIpc) is 2.59. The van der Waals surface area contributed by atoms with Crippen LogP contribution in [0.2, 0.25) is 0 Å². The van der Waals surface area contributed by atoms with Gasteiger partial charge >= 0.3 is 5.97 Å². The third-order valence-corrected chi connectivity index (χ3v) is 3.35. The molecule has 0 amide bonds. The Morgan fingerprint density at radius 3 is 2.78 bits per heavy atom. The Hall–Kier alpha value is -3.26. The monoisotopic (exact) mass is 306 g/mol. The molecule has 0 aliphatic rings. The topological polar surface area (TPSA) is 63.0 Å². The SMILES string of the molecule is N#Cc1ccc(COC(=O)c2ccc3ccccc3n2)c(F)c1. The highest BCUT2D eigenvalue weighted by Gasteiger charge is 2.12. The van der Waals surface area contributed by atoms with Crippen LogP contribution in [0, 0.1) is 17.1 Å². The van der Waals surface area contributed by atoms with Crippen LogP contribution in [0.1, 0.15) is 21.6 Å². The number of para-hydroxylation sites is 1. The van der Waals surface area contributed by atoms with E-state index in [1.807, 2.05) is 24.3 Å². The lowest BCUT2D eigenvalue weighted by Gasteiger charge is -2.06. The first-order valence-corrected chi connectivity index (χ1v) is 6.89. The molecule has 0 N–H and O–H groups in total. The Labute approximate surface area is 131 Å². The summed E-state index contributed by atoms with van der Waals surface area (Å²) < 4.78 is 18.8. The number of esters is 1. The Balaban J connectivity index is 1.75. The first-order valence-electron chi connectivity index (χ1n) is 6.89. The van der Waals surface area contributed by atoms with Crippen molar-refractivity contribution in [3.63, 3.8) is 0 Å². The fourth-order valence-electron chi connectivity index (χ4n) is 2.13. The van der Waals surface area contributed by atoms with Gasteiger partial charge in [-0.25, -0.2) is 14.2 Å². The van der Waals surface area contributed by atoms with Crippen molar-refractivity contribution in [1.82, 2.24) is 4.98 Å². The number of rotatable bonds is 3. The molecule has 0 radical (unpaired) electrons. The highest BCUT2D eigenvalue weighted by Crippen LogP contribution is 2.14. The van der Waals surface area contributed by atoms with Crippen molar-refractivity contribution in [3.8, 4) is 6.07 Å². The molecule has 1 aromatic heterocycles. The maximum Gasteiger partial charge on any atom is 0.357 e. The number of aromatic nitrogens is 1. The summed E-state index contributed by atoms with van der Waals surface area (Å²) in [6.07, 6.45) is 0. The van der Waals surface area contributed by atoms with Crippen LogP contribution in [0.4, 0.5) is 4.39 Å². The highest BCUT2D eigenvalue weighted by molar-refractivity contribution is 5.90. The number of carbonyl (C=O) groups is 1. The van der Waals surface area contributed by atoms with Crippen LogP contribution < -0.4 is 0 Å². The van der Waals surface area contributed by atoms with Crippen LogP contribution in [-0.4, -0.2) is 11.0 Å². The molecule has 5 heteroatoms. The second-order valence-corrected chi connectivity index (χ2v) is 4.88. The van der Waals surface area contributed by atoms with Gasteiger partial charge in [-0.05, 0) is 24.3 Å². The summed E-state index contributed by atoms with van der Waals surface area (Å²) in [5, 5.41) is 9.61. The molecule has 0 aliphatic heterocycles. The van der Waals surface area contributed by atoms with Crippen molar-refractivity contribution in [2.24, 2.45) is 0 Å². The van der Waals surface area contributed by atoms with Crippen molar-refractivity contribution < 1.29 is 13.9 Å². The van der Waals surface area contributed by atoms with Crippen LogP contribution in [-0.2, 0) is 11.3 Å². The fraction of sp³-hybridized carbons (Fsp3) is 0.0556. The molecule has 3 rings (SSSR count). The van der Waals surface area contributed by atoms with Gasteiger partial charge in [0.05, 0.1) is 17.1 Å². The molecule has 3 aromatic rings. The zero-order valence-electron chi connectivity index (χ0n) is 12.0. The number of nitriles is 1. The summed E-state index contributed by atoms with van der Waals surface area (Å²) in [7, 11) is 0. The number of halogens is 1. The van der Waals surface area contributed by atoms with Crippen LogP contribution >= 0.6 is 0 Å². The summed E-state index contributed by atoms with van der Waals surface area (Å²) in [6.45, 7) is -0.217. The minimum atomic E-state index is -0.625. The maximum atomic E-state index is 13.7. The lowest BCUT2D eigenvalue weighted by atomic mass is 10.1. The average molecular weight is 306 g/mol. The molecule has 0 fully saturated rings. The van der Waals surface area contributed by atoms with Crippen LogP contribution in [0.25, 0.3) is 10.9 Å². The molecule has 2 aromatic carbocycles. The van der Waals surface area contributed by atoms with E-state index in [1.165, 1.54) is 12.1 Å². The molecule has 0 saturated heterocycles. The Morgan fingerprint density at radius 2 is 2.00 bits per heavy atom. The minimum Gasteiger partial charge on any atom is -0.456 e. The molecule has 23 heavy (non-hydrogen) atoms. The first kappa shape index (κ1) is 14.7. The Bertz CT molecular complexity index is 932. The van der Waals surface area contributed by atoms with Gasteiger partial charge in [-0.3, -0.25) is 0 Å². The number of fused-ring (bicyclic) bond motifs is 1. The molecule has 112 valence electrons. The smallest absolute Gasteiger partial charge is 0.357 e. The largest absolute Gasteiger partial charge is 0.456 e. The predicted octanol–water partition coefficient (Wildman–Crippen LogP) is 3.60. The van der Waals surface area contributed by atoms with E-state index >= 15 is 0 Å². The third kappa shape index (κ3) is 3.16. The molecule has 0 saturated carbocycles. The second-order valence-electron chi connectivity index (χ2n) is 4.88. The van der Waals surface area contributed by atoms with Gasteiger partial charge in [0.25, 0.3) is 0 Å². The predicted molar refractivity (Wildman–Crippen MR) is 82.0 cm³/mol. The number of carbonyl (C=O) groups excluding carboxylic acids is 1. The number of ether oxygens (including phenoxy) is 1. The van der Waals surface area contributed by atoms with E-state index in [2.05, 4.69) is 4.98 Å². The summed E-state index contributed by atoms with van der Waals surface area (Å²) >= 11 is 0. The van der Waals surface area contributed by atoms with Gasteiger partial charge in [-0.1, -0.05) is 30.3 Å². The summed E-state index contributed by atoms with van der Waals surface area (Å²) in [5.41, 5.74) is 1.27. The van der Waals surface area contributed by atoms with E-state index in [0.29, 0.717) is 5.52 Å². The molecule has 0 atom stereocenters. The van der Waals surface area contributed by atoms with Crippen molar-refractivity contribution >= 4 is 16.9 Å². The number of pyridine rings is 1. The van der Waals surface area contributed by atoms with Gasteiger partial charge in [0.2, 0.25) is 0 Å². The first-order chi connectivity index (χ1) is 11.2. The fourth-order valence-corrected chi connectivity index (χ4v) is 2.13. The minimum absolute atomic E-state index is 0.165. The summed E-state index contributed by atoms with van der Waals surface area (Å²) in [4.78, 5) is 16.3. The quantitative estimate of drug-likeness (QED) is 0.694. The van der Waals surface area contributed by atoms with E-state index in [-0.39, 0.29) is 23.4 Å². The molecule has 0 spiro atoms. The van der Waals surface area contributed by atoms with E-state index in [9.17, 15) is 9.18 Å². The highest BCUT2D eigenvalue weighted by atomic mass is 19.1. The van der Waals surface area contributed by atoms with Gasteiger partial charge < -0.3 is 4.74 Å². The summed E-state index contributed by atoms with van der Waals surface area (Å²) in [5.74, 6) is -1.21. The van der Waals surface area contributed by atoms with Gasteiger partial charge in [-0.15, -0.1) is 0 Å². The van der Waals surface area contributed by atoms with E-state index in [4.69, 9.17) is 10.00 Å². The Morgan fingerprint density at radius 1 is 1.17 bits per heavy atom. The number of hydrogen-bond donors (Lipinski definition) is 0. The molecular weight excluding hydrogens is 295 g/mol. The standard InChI is InChI=1S/C18H11FN2O2/c19-15-9-12(10-20)5-6-14(15)11-23-18(22)17-8-7-13-3-1-2-4-16(13)21-17/h1-9H,11H2. The number of hydrogen-bond acceptors (Lipinski definition) is 4. The maximum absolute atomic E-state index is 13.7. The van der Waals surface area contributed by atoms with Crippen LogP contribution in [0.3, 0.4) is 0 Å². The van der Waals surface area contributed by atoms with E-state index in [0.717, 1.165) is 11.5 Å². The molecule has 0 unspecified atom stereocenters. The van der Waals surface area contributed by atoms with Crippen molar-refractivity contribution in [2.75, 3.05) is 0 Å². The lowest BCUT2D eigenvalue weighted by Crippen LogP contribution is -2.08. The molecule has 1 heterocycles. The molecule has 0 bridgehead atoms. The third-order valence-electron chi connectivity index (χ3n) is 3.35. The van der Waals surface area contributed by atoms with Gasteiger partial charge in [0, 0.05) is 10.9 Å². The molecule has 4 nitrogen and oxygen atoms in total. The van der Waals surface area contributed by atoms with E-state index in [1.54, 1.807) is 18.2 Å². The summed E-state index contributed by atoms with van der Waals surface area (Å²) in [6, 6.07) is 16.6. The zero-order chi connectivity index (χ0) is 16.2. The lowest BCUT2D eigenvalue weighted by molar-refractivity contribution is 0.0462. The van der Waals surface area contributed by atoms with Crippen LogP contribution in [0.15, 0.2) is 54.6 Å². The van der Waals surface area contributed by atoms with Crippen molar-refractivity contribution in [1.29, 1.82) is 5.26 Å².